The summed E-state index contributed by atoms with van der Waals surface area (Å²) in [5, 5.41) is 6.08. The van der Waals surface area contributed by atoms with Crippen LogP contribution in [0.15, 0.2) is 23.8 Å². The Labute approximate surface area is 110 Å². The molecule has 0 spiro atoms. The van der Waals surface area contributed by atoms with Crippen molar-refractivity contribution in [2.24, 2.45) is 5.73 Å². The number of nitrogens with two attached hydrogens (primary N) is 1. The van der Waals surface area contributed by atoms with Gasteiger partial charge >= 0.3 is 0 Å². The van der Waals surface area contributed by atoms with Crippen LogP contribution in [-0.2, 0) is 4.79 Å². The Morgan fingerprint density at radius 2 is 2.28 bits per heavy atom. The van der Waals surface area contributed by atoms with E-state index in [1.165, 1.54) is 11.8 Å². The highest BCUT2D eigenvalue weighted by Gasteiger charge is 2.10. The number of carbonyl (C=O) groups excluding carboxylic acids is 1. The monoisotopic (exact) mass is 251 g/mol. The number of nitrogens with zero attached hydrogens (tertiary/aromatic N) is 1. The normalized spacial score (nSPS) is 15.8. The molecule has 0 aromatic heterocycles. The van der Waals surface area contributed by atoms with Gasteiger partial charge in [-0.15, -0.1) is 0 Å². The van der Waals surface area contributed by atoms with Gasteiger partial charge in [0.05, 0.1) is 0 Å². The third-order valence-corrected chi connectivity index (χ3v) is 2.57. The summed E-state index contributed by atoms with van der Waals surface area (Å²) < 4.78 is 0. The van der Waals surface area contributed by atoms with Gasteiger partial charge in [0.1, 0.15) is 0 Å². The van der Waals surface area contributed by atoms with Crippen LogP contribution in [0.3, 0.4) is 0 Å². The van der Waals surface area contributed by atoms with Crippen molar-refractivity contribution in [2.75, 3.05) is 19.6 Å². The largest absolute Gasteiger partial charge is 0.370 e. The van der Waals surface area contributed by atoms with Gasteiger partial charge < -0.3 is 11.1 Å². The van der Waals surface area contributed by atoms with Gasteiger partial charge in [-0.2, -0.15) is 0 Å². The van der Waals surface area contributed by atoms with Crippen molar-refractivity contribution in [3.05, 3.63) is 23.8 Å². The summed E-state index contributed by atoms with van der Waals surface area (Å²) in [7, 11) is 0. The second kappa shape index (κ2) is 10.7. The number of amides is 1. The molecule has 1 amide bonds. The molecule has 1 aliphatic heterocycles. The van der Waals surface area contributed by atoms with Crippen LogP contribution in [0.2, 0.25) is 0 Å². The SMILES string of the molecule is CC/C=C/C1=CCN(CCC(N)=O)CC1.CC=N. The van der Waals surface area contributed by atoms with Gasteiger partial charge in [0.2, 0.25) is 5.91 Å². The predicted octanol–water partition coefficient (Wildman–Crippen LogP) is 2.12. The predicted molar refractivity (Wildman–Crippen MR) is 76.8 cm³/mol. The lowest BCUT2D eigenvalue weighted by molar-refractivity contribution is -0.118. The molecule has 0 saturated heterocycles. The first-order valence-corrected chi connectivity index (χ1v) is 6.45. The quantitative estimate of drug-likeness (QED) is 0.735. The first-order valence-electron chi connectivity index (χ1n) is 6.45. The third kappa shape index (κ3) is 8.70. The molecule has 0 fully saturated rings. The Hall–Kier alpha value is -1.42. The average molecular weight is 251 g/mol. The number of allylic oxidation sites excluding steroid dienone is 2. The molecule has 4 nitrogen and oxygen atoms in total. The summed E-state index contributed by atoms with van der Waals surface area (Å²) >= 11 is 0. The molecular formula is C14H25N3O. The molecule has 0 aliphatic carbocycles. The first-order chi connectivity index (χ1) is 8.63. The van der Waals surface area contributed by atoms with Gasteiger partial charge in [-0.05, 0) is 31.6 Å². The van der Waals surface area contributed by atoms with E-state index in [1.807, 2.05) is 0 Å². The number of nitrogens with one attached hydrogen (secondary N) is 1. The zero-order chi connectivity index (χ0) is 13.8. The van der Waals surface area contributed by atoms with Gasteiger partial charge in [0.25, 0.3) is 0 Å². The summed E-state index contributed by atoms with van der Waals surface area (Å²) in [5.74, 6) is -0.212. The van der Waals surface area contributed by atoms with Crippen molar-refractivity contribution in [2.45, 2.75) is 33.1 Å². The Bertz CT molecular complexity index is 308. The van der Waals surface area contributed by atoms with E-state index in [2.05, 4.69) is 30.1 Å². The van der Waals surface area contributed by atoms with Gasteiger partial charge in [0, 0.05) is 26.1 Å². The van der Waals surface area contributed by atoms with E-state index < -0.39 is 0 Å². The molecule has 18 heavy (non-hydrogen) atoms. The van der Waals surface area contributed by atoms with Crippen molar-refractivity contribution < 1.29 is 4.79 Å². The van der Waals surface area contributed by atoms with E-state index in [4.69, 9.17) is 11.1 Å². The van der Waals surface area contributed by atoms with Crippen LogP contribution in [0, 0.1) is 5.41 Å². The summed E-state index contributed by atoms with van der Waals surface area (Å²) in [6.07, 6.45) is 10.5. The highest BCUT2D eigenvalue weighted by atomic mass is 16.1. The molecule has 0 bridgehead atoms. The number of hydrogen-bond donors (Lipinski definition) is 2. The lowest BCUT2D eigenvalue weighted by atomic mass is 10.1. The van der Waals surface area contributed by atoms with Crippen LogP contribution in [0.4, 0.5) is 0 Å². The second-order valence-electron chi connectivity index (χ2n) is 4.15. The Morgan fingerprint density at radius 1 is 1.61 bits per heavy atom. The fraction of sp³-hybridized carbons (Fsp3) is 0.571. The average Bonchev–Trinajstić information content (AvgIpc) is 2.36. The van der Waals surface area contributed by atoms with Crippen molar-refractivity contribution in [1.82, 2.24) is 4.90 Å². The van der Waals surface area contributed by atoms with Crippen LogP contribution in [0.1, 0.15) is 33.1 Å². The Kier molecular flexibility index (Phi) is 9.87. The molecule has 1 rings (SSSR count). The highest BCUT2D eigenvalue weighted by molar-refractivity contribution is 5.73. The molecule has 0 radical (unpaired) electrons. The molecule has 0 aromatic carbocycles. The smallest absolute Gasteiger partial charge is 0.218 e. The minimum atomic E-state index is -0.212. The standard InChI is InChI=1S/C12H20N2O.C2H5N/c1-2-3-4-11-5-8-14(9-6-11)10-7-12(13)15;1-2-3/h3-5H,2,6-10H2,1H3,(H2,13,15);2-3H,1H3/b4-3+;. The summed E-state index contributed by atoms with van der Waals surface area (Å²) in [5.41, 5.74) is 6.52. The fourth-order valence-corrected chi connectivity index (χ4v) is 1.62. The van der Waals surface area contributed by atoms with E-state index in [0.29, 0.717) is 6.42 Å². The molecule has 0 aromatic rings. The van der Waals surface area contributed by atoms with Crippen molar-refractivity contribution >= 4 is 12.1 Å². The minimum absolute atomic E-state index is 0.212. The number of hydrogen-bond acceptors (Lipinski definition) is 3. The van der Waals surface area contributed by atoms with Crippen molar-refractivity contribution in [1.29, 1.82) is 5.41 Å². The first kappa shape index (κ1) is 16.6. The van der Waals surface area contributed by atoms with E-state index in [9.17, 15) is 4.79 Å². The molecule has 4 heteroatoms. The van der Waals surface area contributed by atoms with Crippen LogP contribution >= 0.6 is 0 Å². The summed E-state index contributed by atoms with van der Waals surface area (Å²) in [6.45, 7) is 6.57. The van der Waals surface area contributed by atoms with E-state index in [0.717, 1.165) is 32.5 Å². The molecule has 1 heterocycles. The number of primary amides is 1. The maximum Gasteiger partial charge on any atom is 0.218 e. The van der Waals surface area contributed by atoms with Gasteiger partial charge in [-0.3, -0.25) is 9.69 Å². The van der Waals surface area contributed by atoms with Crippen LogP contribution in [0.5, 0.6) is 0 Å². The Morgan fingerprint density at radius 3 is 2.72 bits per heavy atom. The topological polar surface area (TPSA) is 70.2 Å². The molecule has 0 atom stereocenters. The lowest BCUT2D eigenvalue weighted by Gasteiger charge is -2.24. The highest BCUT2D eigenvalue weighted by Crippen LogP contribution is 2.12. The van der Waals surface area contributed by atoms with Crippen LogP contribution in [0.25, 0.3) is 0 Å². The maximum atomic E-state index is 10.6. The summed E-state index contributed by atoms with van der Waals surface area (Å²) in [4.78, 5) is 12.9. The maximum absolute atomic E-state index is 10.6. The summed E-state index contributed by atoms with van der Waals surface area (Å²) in [6, 6.07) is 0. The number of carbonyl (C=O) groups is 1. The van der Waals surface area contributed by atoms with Crippen LogP contribution in [-0.4, -0.2) is 36.7 Å². The third-order valence-electron chi connectivity index (χ3n) is 2.57. The molecule has 3 N–H and O–H groups in total. The minimum Gasteiger partial charge on any atom is -0.370 e. The lowest BCUT2D eigenvalue weighted by Crippen LogP contribution is -2.31. The molecular weight excluding hydrogens is 226 g/mol. The molecule has 1 aliphatic rings. The van der Waals surface area contributed by atoms with E-state index >= 15 is 0 Å². The van der Waals surface area contributed by atoms with E-state index in [1.54, 1.807) is 6.92 Å². The van der Waals surface area contributed by atoms with Gasteiger partial charge in [-0.1, -0.05) is 25.2 Å². The molecule has 0 unspecified atom stereocenters. The molecule has 102 valence electrons. The van der Waals surface area contributed by atoms with Crippen molar-refractivity contribution in [3.8, 4) is 0 Å². The fourth-order valence-electron chi connectivity index (χ4n) is 1.62. The van der Waals surface area contributed by atoms with Crippen LogP contribution < -0.4 is 5.73 Å². The second-order valence-corrected chi connectivity index (χ2v) is 4.15. The van der Waals surface area contributed by atoms with Gasteiger partial charge in [0.15, 0.2) is 0 Å². The zero-order valence-corrected chi connectivity index (χ0v) is 11.5. The van der Waals surface area contributed by atoms with Crippen molar-refractivity contribution in [3.63, 3.8) is 0 Å². The van der Waals surface area contributed by atoms with E-state index in [-0.39, 0.29) is 5.91 Å². The Balaban J connectivity index is 0.000000873. The molecule has 0 saturated carbocycles. The number of rotatable bonds is 5. The zero-order valence-electron chi connectivity index (χ0n) is 11.5. The van der Waals surface area contributed by atoms with Gasteiger partial charge in [-0.25, -0.2) is 0 Å².